The van der Waals surface area contributed by atoms with Crippen molar-refractivity contribution in [1.29, 1.82) is 0 Å². The second kappa shape index (κ2) is 4.45. The summed E-state index contributed by atoms with van der Waals surface area (Å²) in [6.45, 7) is 0.867. The Morgan fingerprint density at radius 1 is 1.31 bits per heavy atom. The van der Waals surface area contributed by atoms with Gasteiger partial charge in [0.2, 0.25) is 11.6 Å². The van der Waals surface area contributed by atoms with Gasteiger partial charge in [-0.3, -0.25) is 14.5 Å². The maximum atomic E-state index is 11.3. The van der Waals surface area contributed by atoms with Crippen LogP contribution in [0.1, 0.15) is 6.42 Å². The fourth-order valence-electron chi connectivity index (χ4n) is 1.14. The van der Waals surface area contributed by atoms with Gasteiger partial charge in [0.25, 0.3) is 0 Å². The highest BCUT2D eigenvalue weighted by Crippen LogP contribution is 2.11. The van der Waals surface area contributed by atoms with Gasteiger partial charge in [0.05, 0.1) is 19.3 Å². The second-order valence-corrected chi connectivity index (χ2v) is 3.00. The zero-order valence-electron chi connectivity index (χ0n) is 7.27. The Morgan fingerprint density at radius 3 is 2.31 bits per heavy atom. The molecule has 0 radical (unpaired) electrons. The minimum Gasteiger partial charge on any atom is -0.396 e. The van der Waals surface area contributed by atoms with E-state index in [0.717, 1.165) is 13.1 Å². The quantitative estimate of drug-likeness (QED) is 0.378. The van der Waals surface area contributed by atoms with E-state index in [1.807, 2.05) is 0 Å². The standard InChI is InChI=1S/C8H13NO4/c10-4-1-7(12)8(13)6(5-11)9-2-3-9/h6,10-11H,1-5H2. The van der Waals surface area contributed by atoms with Crippen LogP contribution in [0.15, 0.2) is 0 Å². The van der Waals surface area contributed by atoms with Gasteiger partial charge < -0.3 is 10.2 Å². The number of carbonyl (C=O) groups excluding carboxylic acids is 2. The van der Waals surface area contributed by atoms with Gasteiger partial charge in [0.15, 0.2) is 0 Å². The molecule has 0 aromatic rings. The minimum absolute atomic E-state index is 0.150. The number of nitrogens with zero attached hydrogens (tertiary/aromatic N) is 1. The Kier molecular flexibility index (Phi) is 3.53. The Labute approximate surface area is 76.0 Å². The molecule has 5 nitrogen and oxygen atoms in total. The molecule has 0 spiro atoms. The van der Waals surface area contributed by atoms with Crippen molar-refractivity contribution in [3.05, 3.63) is 0 Å². The molecular weight excluding hydrogens is 174 g/mol. The molecule has 1 aliphatic rings. The maximum Gasteiger partial charge on any atom is 0.217 e. The summed E-state index contributed by atoms with van der Waals surface area (Å²) in [7, 11) is 0. The number of rotatable bonds is 6. The first-order valence-corrected chi connectivity index (χ1v) is 4.23. The van der Waals surface area contributed by atoms with E-state index in [9.17, 15) is 9.59 Å². The topological polar surface area (TPSA) is 77.6 Å². The van der Waals surface area contributed by atoms with E-state index < -0.39 is 17.6 Å². The Hall–Kier alpha value is -0.780. The van der Waals surface area contributed by atoms with Crippen LogP contribution in [-0.4, -0.2) is 59.0 Å². The summed E-state index contributed by atoms with van der Waals surface area (Å²) in [4.78, 5) is 24.0. The largest absolute Gasteiger partial charge is 0.396 e. The van der Waals surface area contributed by atoms with Crippen LogP contribution in [0.3, 0.4) is 0 Å². The van der Waals surface area contributed by atoms with Gasteiger partial charge >= 0.3 is 0 Å². The summed E-state index contributed by atoms with van der Waals surface area (Å²) in [6.07, 6.45) is -0.150. The van der Waals surface area contributed by atoms with Crippen molar-refractivity contribution in [3.63, 3.8) is 0 Å². The van der Waals surface area contributed by atoms with Crippen LogP contribution in [0.25, 0.3) is 0 Å². The molecule has 0 aliphatic carbocycles. The fraction of sp³-hybridized carbons (Fsp3) is 0.750. The lowest BCUT2D eigenvalue weighted by Crippen LogP contribution is -2.38. The van der Waals surface area contributed by atoms with Crippen LogP contribution >= 0.6 is 0 Å². The molecule has 1 fully saturated rings. The van der Waals surface area contributed by atoms with E-state index in [0.29, 0.717) is 0 Å². The van der Waals surface area contributed by atoms with Crippen LogP contribution in [0.5, 0.6) is 0 Å². The minimum atomic E-state index is -0.681. The zero-order chi connectivity index (χ0) is 9.84. The highest BCUT2D eigenvalue weighted by Gasteiger charge is 2.35. The molecule has 0 saturated carbocycles. The molecule has 0 aromatic heterocycles. The molecule has 1 unspecified atom stereocenters. The summed E-state index contributed by atoms with van der Waals surface area (Å²) in [5, 5.41) is 17.3. The third-order valence-corrected chi connectivity index (χ3v) is 2.01. The smallest absolute Gasteiger partial charge is 0.217 e. The third-order valence-electron chi connectivity index (χ3n) is 2.01. The summed E-state index contributed by atoms with van der Waals surface area (Å²) in [5.41, 5.74) is 0. The highest BCUT2D eigenvalue weighted by molar-refractivity contribution is 6.39. The molecule has 1 aliphatic heterocycles. The average molecular weight is 187 g/mol. The van der Waals surface area contributed by atoms with Crippen molar-refractivity contribution in [2.24, 2.45) is 0 Å². The van der Waals surface area contributed by atoms with Crippen molar-refractivity contribution in [2.75, 3.05) is 26.3 Å². The van der Waals surface area contributed by atoms with E-state index in [1.165, 1.54) is 0 Å². The lowest BCUT2D eigenvalue weighted by atomic mass is 10.1. The number of Topliss-reactive ketones (excluding diaryl/α,β-unsaturated/α-hetero) is 2. The van der Waals surface area contributed by atoms with Crippen molar-refractivity contribution < 1.29 is 19.8 Å². The fourth-order valence-corrected chi connectivity index (χ4v) is 1.14. The molecular formula is C8H13NO4. The van der Waals surface area contributed by atoms with Crippen molar-refractivity contribution in [1.82, 2.24) is 4.90 Å². The summed E-state index contributed by atoms with van der Waals surface area (Å²) < 4.78 is 0. The number of hydrogen-bond donors (Lipinski definition) is 2. The van der Waals surface area contributed by atoms with Crippen molar-refractivity contribution in [3.8, 4) is 0 Å². The zero-order valence-corrected chi connectivity index (χ0v) is 7.27. The van der Waals surface area contributed by atoms with Crippen LogP contribution in [0.4, 0.5) is 0 Å². The molecule has 1 rings (SSSR count). The molecule has 74 valence electrons. The van der Waals surface area contributed by atoms with Gasteiger partial charge in [-0.2, -0.15) is 0 Å². The Balaban J connectivity index is 2.47. The molecule has 1 heterocycles. The van der Waals surface area contributed by atoms with Gasteiger partial charge in [-0.05, 0) is 0 Å². The normalized spacial score (nSPS) is 18.3. The van der Waals surface area contributed by atoms with E-state index in [2.05, 4.69) is 0 Å². The number of aliphatic hydroxyl groups excluding tert-OH is 2. The molecule has 2 N–H and O–H groups in total. The molecule has 13 heavy (non-hydrogen) atoms. The number of hydrogen-bond acceptors (Lipinski definition) is 5. The first-order chi connectivity index (χ1) is 6.20. The summed E-state index contributed by atoms with van der Waals surface area (Å²) >= 11 is 0. The predicted molar refractivity (Wildman–Crippen MR) is 44.2 cm³/mol. The summed E-state index contributed by atoms with van der Waals surface area (Å²) in [6, 6.07) is -0.681. The Morgan fingerprint density at radius 2 is 1.92 bits per heavy atom. The molecule has 1 atom stereocenters. The number of aliphatic hydroxyl groups is 2. The Bertz CT molecular complexity index is 212. The number of carbonyl (C=O) groups is 2. The maximum absolute atomic E-state index is 11.3. The monoisotopic (exact) mass is 187 g/mol. The lowest BCUT2D eigenvalue weighted by Gasteiger charge is -2.11. The van der Waals surface area contributed by atoms with Gasteiger partial charge in [-0.15, -0.1) is 0 Å². The molecule has 0 amide bonds. The van der Waals surface area contributed by atoms with Crippen LogP contribution in [-0.2, 0) is 9.59 Å². The molecule has 0 aromatic carbocycles. The first-order valence-electron chi connectivity index (χ1n) is 4.23. The van der Waals surface area contributed by atoms with Gasteiger partial charge in [-0.25, -0.2) is 0 Å². The predicted octanol–water partition coefficient (Wildman–Crippen LogP) is -1.82. The second-order valence-electron chi connectivity index (χ2n) is 3.00. The molecule has 5 heteroatoms. The van der Waals surface area contributed by atoms with Gasteiger partial charge in [0.1, 0.15) is 0 Å². The van der Waals surface area contributed by atoms with Crippen LogP contribution < -0.4 is 0 Å². The molecule has 0 bridgehead atoms. The van der Waals surface area contributed by atoms with E-state index >= 15 is 0 Å². The highest BCUT2D eigenvalue weighted by atomic mass is 16.3. The van der Waals surface area contributed by atoms with Gasteiger partial charge in [0, 0.05) is 19.5 Å². The first kappa shape index (κ1) is 10.3. The average Bonchev–Trinajstić information content (AvgIpc) is 2.90. The van der Waals surface area contributed by atoms with Crippen molar-refractivity contribution >= 4 is 11.6 Å². The van der Waals surface area contributed by atoms with E-state index in [1.54, 1.807) is 4.90 Å². The van der Waals surface area contributed by atoms with E-state index in [4.69, 9.17) is 10.2 Å². The van der Waals surface area contributed by atoms with Crippen molar-refractivity contribution in [2.45, 2.75) is 12.5 Å². The van der Waals surface area contributed by atoms with Gasteiger partial charge in [-0.1, -0.05) is 0 Å². The molecule has 1 saturated heterocycles. The summed E-state index contributed by atoms with van der Waals surface area (Å²) in [5.74, 6) is -1.19. The third kappa shape index (κ3) is 2.58. The van der Waals surface area contributed by atoms with Crippen LogP contribution in [0, 0.1) is 0 Å². The van der Waals surface area contributed by atoms with E-state index in [-0.39, 0.29) is 19.6 Å². The van der Waals surface area contributed by atoms with Crippen LogP contribution in [0.2, 0.25) is 0 Å². The number of ketones is 2. The SMILES string of the molecule is O=C(CCO)C(=O)C(CO)N1CC1. The lowest BCUT2D eigenvalue weighted by molar-refractivity contribution is -0.139.